The molecule has 0 saturated heterocycles. The maximum atomic E-state index is 12.6. The van der Waals surface area contributed by atoms with Crippen LogP contribution in [-0.4, -0.2) is 31.2 Å². The smallest absolute Gasteiger partial charge is 0.416 e. The second-order valence-electron chi connectivity index (χ2n) is 6.69. The lowest BCUT2D eigenvalue weighted by Crippen LogP contribution is -2.47. The molecule has 0 spiro atoms. The van der Waals surface area contributed by atoms with Crippen LogP contribution in [0.4, 0.5) is 18.0 Å². The number of nitrogens with one attached hydrogen (secondary N) is 2. The normalized spacial score (nSPS) is 16.2. The summed E-state index contributed by atoms with van der Waals surface area (Å²) in [6.07, 6.45) is -3.41. The van der Waals surface area contributed by atoms with Gasteiger partial charge in [0.1, 0.15) is 18.4 Å². The van der Waals surface area contributed by atoms with Crippen LogP contribution in [0.25, 0.3) is 0 Å². The average molecular weight is 452 g/mol. The van der Waals surface area contributed by atoms with Crippen LogP contribution >= 0.6 is 0 Å². The fourth-order valence-electron chi connectivity index (χ4n) is 3.03. The van der Waals surface area contributed by atoms with Crippen LogP contribution < -0.4 is 10.6 Å². The van der Waals surface area contributed by atoms with Crippen LogP contribution in [0.5, 0.6) is 0 Å². The minimum absolute atomic E-state index is 0.00345. The Morgan fingerprint density at radius 3 is 2.44 bits per heavy atom. The molecule has 0 aliphatic carbocycles. The number of urea groups is 1. The van der Waals surface area contributed by atoms with Crippen molar-refractivity contribution in [3.8, 4) is 0 Å². The predicted octanol–water partition coefficient (Wildman–Crippen LogP) is 3.26. The fourth-order valence-corrected chi connectivity index (χ4v) is 3.03. The molecule has 1 aromatic carbocycles. The van der Waals surface area contributed by atoms with Gasteiger partial charge in [0.05, 0.1) is 36.1 Å². The van der Waals surface area contributed by atoms with Gasteiger partial charge in [-0.1, -0.05) is 12.1 Å². The zero-order valence-corrected chi connectivity index (χ0v) is 16.8. The van der Waals surface area contributed by atoms with Gasteiger partial charge < -0.3 is 24.5 Å². The molecule has 2 N–H and O–H groups in total. The molecule has 2 heterocycles. The first-order valence-corrected chi connectivity index (χ1v) is 9.52. The summed E-state index contributed by atoms with van der Waals surface area (Å²) in [5.74, 6) is -1.23. The monoisotopic (exact) mass is 452 g/mol. The van der Waals surface area contributed by atoms with Gasteiger partial charge in [-0.15, -0.1) is 0 Å². The average Bonchev–Trinajstić information content (AvgIpc) is 3.26. The third-order valence-corrected chi connectivity index (χ3v) is 4.48. The molecule has 2 aromatic rings. The Bertz CT molecular complexity index is 1010. The number of carbonyl (C=O) groups is 3. The van der Waals surface area contributed by atoms with Crippen LogP contribution in [0.2, 0.25) is 0 Å². The van der Waals surface area contributed by atoms with Crippen LogP contribution in [0.15, 0.2) is 58.3 Å². The number of hydrogen-bond acceptors (Lipinski definition) is 6. The lowest BCUT2D eigenvalue weighted by molar-refractivity contribution is -0.143. The van der Waals surface area contributed by atoms with Gasteiger partial charge in [0.15, 0.2) is 0 Å². The summed E-state index contributed by atoms with van der Waals surface area (Å²) in [6, 6.07) is 5.62. The number of ether oxygens (including phenoxy) is 2. The van der Waals surface area contributed by atoms with Crippen LogP contribution in [-0.2, 0) is 31.7 Å². The topological polar surface area (TPSA) is 107 Å². The van der Waals surface area contributed by atoms with Crippen LogP contribution in [0.3, 0.4) is 0 Å². The number of alkyl halides is 3. The van der Waals surface area contributed by atoms with Gasteiger partial charge in [0.2, 0.25) is 0 Å². The highest BCUT2D eigenvalue weighted by molar-refractivity contribution is 5.95. The van der Waals surface area contributed by atoms with Gasteiger partial charge in [-0.25, -0.2) is 9.59 Å². The minimum Gasteiger partial charge on any atom is -0.467 e. The number of esters is 2. The van der Waals surface area contributed by atoms with Crippen molar-refractivity contribution in [3.05, 3.63) is 70.8 Å². The zero-order valence-electron chi connectivity index (χ0n) is 16.8. The number of halogens is 3. The highest BCUT2D eigenvalue weighted by Gasteiger charge is 2.35. The molecule has 8 nitrogen and oxygen atoms in total. The van der Waals surface area contributed by atoms with Gasteiger partial charge in [-0.3, -0.25) is 4.79 Å². The van der Waals surface area contributed by atoms with E-state index in [0.717, 1.165) is 12.1 Å². The van der Waals surface area contributed by atoms with Crippen molar-refractivity contribution in [1.29, 1.82) is 0 Å². The molecule has 0 radical (unpaired) electrons. The Balaban J connectivity index is 1.75. The molecule has 1 aromatic heterocycles. The molecule has 3 rings (SSSR count). The van der Waals surface area contributed by atoms with Gasteiger partial charge in [-0.05, 0) is 36.8 Å². The second-order valence-corrected chi connectivity index (χ2v) is 6.69. The molecule has 2 amide bonds. The van der Waals surface area contributed by atoms with E-state index in [1.807, 2.05) is 0 Å². The maximum Gasteiger partial charge on any atom is 0.416 e. The largest absolute Gasteiger partial charge is 0.467 e. The van der Waals surface area contributed by atoms with Crippen molar-refractivity contribution >= 4 is 18.0 Å². The molecule has 170 valence electrons. The molecule has 1 atom stereocenters. The van der Waals surface area contributed by atoms with E-state index in [4.69, 9.17) is 13.9 Å². The van der Waals surface area contributed by atoms with Crippen LogP contribution in [0.1, 0.15) is 29.9 Å². The Kier molecular flexibility index (Phi) is 6.86. The molecule has 1 aliphatic heterocycles. The highest BCUT2D eigenvalue weighted by atomic mass is 19.4. The Morgan fingerprint density at radius 1 is 1.12 bits per heavy atom. The molecular formula is C21H19F3N2O6. The predicted molar refractivity (Wildman–Crippen MR) is 103 cm³/mol. The number of amides is 2. The molecule has 0 fully saturated rings. The molecule has 32 heavy (non-hydrogen) atoms. The summed E-state index contributed by atoms with van der Waals surface area (Å²) < 4.78 is 53.5. The standard InChI is InChI=1S/C21H19F3N2O6/c1-2-30-19(28)17-14(25-20(29)26-18(17)15-4-3-9-31-15)11-32-16(27)10-12-5-7-13(8-6-12)21(22,23)24/h3-9,18H,2,10-11H2,1H3,(H2,25,26,29). The fraction of sp³-hybridized carbons (Fsp3) is 0.286. The SMILES string of the molecule is CCOC(=O)C1=C(COC(=O)Cc2ccc(C(F)(F)F)cc2)NC(=O)NC1c1ccco1. The maximum absolute atomic E-state index is 12.6. The van der Waals surface area contributed by atoms with Crippen LogP contribution in [0, 0.1) is 0 Å². The first kappa shape index (κ1) is 22.9. The lowest BCUT2D eigenvalue weighted by atomic mass is 10.0. The number of rotatable bonds is 7. The Morgan fingerprint density at radius 2 is 1.84 bits per heavy atom. The Hall–Kier alpha value is -3.76. The molecule has 11 heteroatoms. The summed E-state index contributed by atoms with van der Waals surface area (Å²) in [4.78, 5) is 36.8. The van der Waals surface area contributed by atoms with Crippen molar-refractivity contribution in [2.24, 2.45) is 0 Å². The van der Waals surface area contributed by atoms with Crippen molar-refractivity contribution in [2.75, 3.05) is 13.2 Å². The number of furan rings is 1. The second kappa shape index (κ2) is 9.58. The molecule has 0 bridgehead atoms. The van der Waals surface area contributed by atoms with Gasteiger partial charge >= 0.3 is 24.1 Å². The van der Waals surface area contributed by atoms with E-state index < -0.39 is 42.4 Å². The van der Waals surface area contributed by atoms with Gasteiger partial charge in [0, 0.05) is 0 Å². The molecular weight excluding hydrogens is 433 g/mol. The summed E-state index contributed by atoms with van der Waals surface area (Å²) in [5.41, 5.74) is -0.510. The third kappa shape index (κ3) is 5.48. The van der Waals surface area contributed by atoms with E-state index in [-0.39, 0.29) is 30.1 Å². The minimum atomic E-state index is -4.48. The number of benzene rings is 1. The van der Waals surface area contributed by atoms with E-state index in [0.29, 0.717) is 5.56 Å². The highest BCUT2D eigenvalue weighted by Crippen LogP contribution is 2.30. The summed E-state index contributed by atoms with van der Waals surface area (Å²) in [6.45, 7) is 1.22. The van der Waals surface area contributed by atoms with E-state index in [9.17, 15) is 27.6 Å². The molecule has 1 aliphatic rings. The molecule has 0 saturated carbocycles. The van der Waals surface area contributed by atoms with E-state index >= 15 is 0 Å². The van der Waals surface area contributed by atoms with Crippen molar-refractivity contribution in [3.63, 3.8) is 0 Å². The lowest BCUT2D eigenvalue weighted by Gasteiger charge is -2.27. The van der Waals surface area contributed by atoms with Crippen molar-refractivity contribution in [1.82, 2.24) is 10.6 Å². The third-order valence-electron chi connectivity index (χ3n) is 4.48. The van der Waals surface area contributed by atoms with Crippen molar-refractivity contribution in [2.45, 2.75) is 25.6 Å². The summed E-state index contributed by atoms with van der Waals surface area (Å²) in [7, 11) is 0. The number of carbonyl (C=O) groups excluding carboxylic acids is 3. The number of hydrogen-bond donors (Lipinski definition) is 2. The summed E-state index contributed by atoms with van der Waals surface area (Å²) in [5, 5.41) is 4.97. The summed E-state index contributed by atoms with van der Waals surface area (Å²) >= 11 is 0. The van der Waals surface area contributed by atoms with E-state index in [1.54, 1.807) is 19.1 Å². The van der Waals surface area contributed by atoms with Gasteiger partial charge in [-0.2, -0.15) is 13.2 Å². The molecule has 1 unspecified atom stereocenters. The quantitative estimate of drug-likeness (QED) is 0.625. The van der Waals surface area contributed by atoms with E-state index in [2.05, 4.69) is 10.6 Å². The van der Waals surface area contributed by atoms with Gasteiger partial charge in [0.25, 0.3) is 0 Å². The van der Waals surface area contributed by atoms with E-state index in [1.165, 1.54) is 18.4 Å². The first-order chi connectivity index (χ1) is 15.2. The first-order valence-electron chi connectivity index (χ1n) is 9.52. The van der Waals surface area contributed by atoms with Crippen molar-refractivity contribution < 1.29 is 41.4 Å². The zero-order chi connectivity index (χ0) is 23.3. The Labute approximate surface area is 180 Å².